The number of hydrogen-bond acceptors (Lipinski definition) is 13. The standard InChI is InChI=1S/C27H44O7.C6H12O6/c1-23(2,32)9-8-22(31)26(5,33)21-7-11-27(34)16-12-18(28)17-13-19(29)20(30)14-24(17,3)15(16)6-10-25(21,27)4;7-1-2-3(8)4(9)5(10)6(11)12-2/h12,15,17,19-22,29-34H,6-11,13-14H2,1-5H3;2-11H,1H2/t15-,17-,19+,20-,21-,22+,24+,25+,26+,27+;2-,3+,4-,5+,6?/m01/s1. The van der Waals surface area contributed by atoms with Crippen LogP contribution in [0.2, 0.25) is 0 Å². The van der Waals surface area contributed by atoms with Gasteiger partial charge in [-0.05, 0) is 101 Å². The predicted octanol–water partition coefficient (Wildman–Crippen LogP) is -1.37. The number of fused-ring (bicyclic) bond motifs is 5. The van der Waals surface area contributed by atoms with Gasteiger partial charge in [-0.15, -0.1) is 0 Å². The van der Waals surface area contributed by atoms with Crippen molar-refractivity contribution in [2.75, 3.05) is 6.61 Å². The molecule has 46 heavy (non-hydrogen) atoms. The van der Waals surface area contributed by atoms with Gasteiger partial charge in [-0.2, -0.15) is 0 Å². The van der Waals surface area contributed by atoms with Crippen molar-refractivity contribution in [1.82, 2.24) is 0 Å². The van der Waals surface area contributed by atoms with Crippen LogP contribution in [0.5, 0.6) is 0 Å². The maximum atomic E-state index is 13.2. The first-order valence-corrected chi connectivity index (χ1v) is 16.5. The van der Waals surface area contributed by atoms with Gasteiger partial charge in [0.1, 0.15) is 24.4 Å². The van der Waals surface area contributed by atoms with Crippen LogP contribution in [-0.4, -0.2) is 134 Å². The maximum absolute atomic E-state index is 13.2. The Bertz CT molecular complexity index is 1130. The first-order chi connectivity index (χ1) is 21.0. The van der Waals surface area contributed by atoms with Gasteiger partial charge in [0.25, 0.3) is 0 Å². The third-order valence-electron chi connectivity index (χ3n) is 12.4. The lowest BCUT2D eigenvalue weighted by Gasteiger charge is -2.60. The molecule has 0 aromatic heterocycles. The number of aliphatic hydroxyl groups is 11. The molecule has 1 aliphatic heterocycles. The maximum Gasteiger partial charge on any atom is 0.184 e. The number of aliphatic hydroxyl groups excluding tert-OH is 8. The molecule has 15 atom stereocenters. The van der Waals surface area contributed by atoms with E-state index in [1.54, 1.807) is 26.8 Å². The van der Waals surface area contributed by atoms with Gasteiger partial charge in [0.15, 0.2) is 12.1 Å². The smallest absolute Gasteiger partial charge is 0.184 e. The third kappa shape index (κ3) is 6.36. The van der Waals surface area contributed by atoms with Crippen molar-refractivity contribution in [2.45, 2.75) is 152 Å². The van der Waals surface area contributed by atoms with Crippen molar-refractivity contribution in [3.63, 3.8) is 0 Å². The summed E-state index contributed by atoms with van der Waals surface area (Å²) in [5, 5.41) is 110. The van der Waals surface area contributed by atoms with E-state index in [1.165, 1.54) is 0 Å². The first-order valence-electron chi connectivity index (χ1n) is 16.5. The largest absolute Gasteiger partial charge is 0.394 e. The monoisotopic (exact) mass is 660 g/mol. The average Bonchev–Trinajstić information content (AvgIpc) is 3.26. The van der Waals surface area contributed by atoms with Crippen molar-refractivity contribution in [2.24, 2.45) is 28.6 Å². The number of hydrogen-bond donors (Lipinski definition) is 11. The van der Waals surface area contributed by atoms with E-state index in [-0.39, 0.29) is 36.4 Å². The van der Waals surface area contributed by atoms with E-state index in [1.807, 2.05) is 13.8 Å². The van der Waals surface area contributed by atoms with Gasteiger partial charge in [-0.25, -0.2) is 0 Å². The molecular formula is C33H56O13. The van der Waals surface area contributed by atoms with Gasteiger partial charge in [0.2, 0.25) is 0 Å². The van der Waals surface area contributed by atoms with Gasteiger partial charge in [0.05, 0.1) is 41.7 Å². The molecule has 1 heterocycles. The normalized spacial score (nSPS) is 47.7. The fraction of sp³-hybridized carbons (Fsp3) is 0.909. The van der Waals surface area contributed by atoms with Gasteiger partial charge in [0, 0.05) is 11.3 Å². The highest BCUT2D eigenvalue weighted by molar-refractivity contribution is 5.95. The average molecular weight is 661 g/mol. The Hall–Kier alpha value is -1.07. The minimum Gasteiger partial charge on any atom is -0.394 e. The summed E-state index contributed by atoms with van der Waals surface area (Å²) in [5.41, 5.74) is -4.27. The molecule has 4 aliphatic carbocycles. The topological polar surface area (TPSA) is 249 Å². The van der Waals surface area contributed by atoms with Crippen LogP contribution in [-0.2, 0) is 9.53 Å². The van der Waals surface area contributed by atoms with Gasteiger partial charge in [-0.1, -0.05) is 13.8 Å². The second-order valence-electron chi connectivity index (χ2n) is 15.9. The molecular weight excluding hydrogens is 604 g/mol. The van der Waals surface area contributed by atoms with E-state index in [4.69, 9.17) is 25.5 Å². The van der Waals surface area contributed by atoms with Crippen LogP contribution in [0.25, 0.3) is 0 Å². The zero-order chi connectivity index (χ0) is 34.8. The van der Waals surface area contributed by atoms with Crippen LogP contribution in [0.15, 0.2) is 11.6 Å². The lowest BCUT2D eigenvalue weighted by atomic mass is 9.45. The Morgan fingerprint density at radius 1 is 0.935 bits per heavy atom. The molecule has 13 nitrogen and oxygen atoms in total. The molecule has 0 aromatic carbocycles. The van der Waals surface area contributed by atoms with E-state index >= 15 is 0 Å². The van der Waals surface area contributed by atoms with Crippen molar-refractivity contribution in [3.05, 3.63) is 11.6 Å². The highest BCUT2D eigenvalue weighted by atomic mass is 16.6. The van der Waals surface area contributed by atoms with Crippen molar-refractivity contribution in [3.8, 4) is 0 Å². The number of ketones is 1. The lowest BCUT2D eigenvalue weighted by Crippen LogP contribution is -2.62. The quantitative estimate of drug-likeness (QED) is 0.158. The van der Waals surface area contributed by atoms with Crippen molar-refractivity contribution < 1.29 is 65.7 Å². The summed E-state index contributed by atoms with van der Waals surface area (Å²) in [6.07, 6.45) is -4.93. The number of carbonyl (C=O) groups excluding carboxylic acids is 1. The van der Waals surface area contributed by atoms with Crippen molar-refractivity contribution in [1.29, 1.82) is 0 Å². The Morgan fingerprint density at radius 3 is 2.15 bits per heavy atom. The Kier molecular flexibility index (Phi) is 10.7. The molecule has 4 fully saturated rings. The van der Waals surface area contributed by atoms with E-state index in [0.717, 1.165) is 0 Å². The second-order valence-corrected chi connectivity index (χ2v) is 15.9. The van der Waals surface area contributed by atoms with Crippen molar-refractivity contribution >= 4 is 5.78 Å². The minimum absolute atomic E-state index is 0.0840. The first kappa shape index (κ1) is 37.7. The van der Waals surface area contributed by atoms with E-state index < -0.39 is 83.3 Å². The summed E-state index contributed by atoms with van der Waals surface area (Å²) >= 11 is 0. The van der Waals surface area contributed by atoms with Gasteiger partial charge in [-0.3, -0.25) is 4.79 Å². The predicted molar refractivity (Wildman–Crippen MR) is 163 cm³/mol. The molecule has 5 rings (SSSR count). The lowest BCUT2D eigenvalue weighted by molar-refractivity contribution is -0.286. The number of carbonyl (C=O) groups is 1. The minimum atomic E-state index is -1.57. The molecule has 0 aromatic rings. The van der Waals surface area contributed by atoms with Crippen LogP contribution in [0.4, 0.5) is 0 Å². The SMILES string of the molecule is CC(C)(O)CC[C@@H](O)[C@](C)(O)[C@H]1CC[C@@]2(O)C3=CC(=O)[C@@H]4C[C@@H](O)[C@@H](O)C[C@]4(C)[C@H]3CC[C@]12C.OC[C@H]1OC(O)[C@@H](O)[C@H](O)[C@H]1O. The van der Waals surface area contributed by atoms with Crippen LogP contribution in [0.3, 0.4) is 0 Å². The highest BCUT2D eigenvalue weighted by Gasteiger charge is 2.69. The number of ether oxygens (including phenoxy) is 1. The fourth-order valence-electron chi connectivity index (χ4n) is 9.40. The second kappa shape index (κ2) is 13.0. The van der Waals surface area contributed by atoms with E-state index in [2.05, 4.69) is 4.74 Å². The van der Waals surface area contributed by atoms with Crippen LogP contribution >= 0.6 is 0 Å². The Balaban J connectivity index is 0.000000337. The molecule has 1 saturated heterocycles. The molecule has 0 amide bonds. The molecule has 11 N–H and O–H groups in total. The summed E-state index contributed by atoms with van der Waals surface area (Å²) in [6, 6.07) is 0. The van der Waals surface area contributed by atoms with Gasteiger partial charge < -0.3 is 60.9 Å². The third-order valence-corrected chi connectivity index (χ3v) is 12.4. The Labute approximate surface area is 270 Å². The summed E-state index contributed by atoms with van der Waals surface area (Å²) in [6.45, 7) is 8.43. The number of rotatable bonds is 6. The highest BCUT2D eigenvalue weighted by Crippen LogP contribution is 2.68. The molecule has 266 valence electrons. The number of allylic oxidation sites excluding steroid dienone is 1. The van der Waals surface area contributed by atoms with Crippen LogP contribution in [0.1, 0.15) is 86.0 Å². The summed E-state index contributed by atoms with van der Waals surface area (Å²) in [5.74, 6) is -0.948. The van der Waals surface area contributed by atoms with Crippen LogP contribution < -0.4 is 0 Å². The Morgan fingerprint density at radius 2 is 1.57 bits per heavy atom. The van der Waals surface area contributed by atoms with E-state index in [9.17, 15) is 35.4 Å². The molecule has 0 spiro atoms. The van der Waals surface area contributed by atoms with Gasteiger partial charge >= 0.3 is 0 Å². The summed E-state index contributed by atoms with van der Waals surface area (Å²) < 4.78 is 4.58. The molecule has 5 aliphatic rings. The molecule has 3 saturated carbocycles. The molecule has 13 heteroatoms. The zero-order valence-electron chi connectivity index (χ0n) is 27.5. The van der Waals surface area contributed by atoms with E-state index in [0.29, 0.717) is 44.1 Å². The molecule has 0 radical (unpaired) electrons. The molecule has 0 bridgehead atoms. The fourth-order valence-corrected chi connectivity index (χ4v) is 9.40. The summed E-state index contributed by atoms with van der Waals surface area (Å²) in [4.78, 5) is 13.2. The summed E-state index contributed by atoms with van der Waals surface area (Å²) in [7, 11) is 0. The van der Waals surface area contributed by atoms with Crippen LogP contribution in [0, 0.1) is 28.6 Å². The zero-order valence-corrected chi connectivity index (χ0v) is 27.5. The molecule has 1 unspecified atom stereocenters.